The van der Waals surface area contributed by atoms with Crippen molar-refractivity contribution in [3.8, 4) is 0 Å². The fraction of sp³-hybridized carbons (Fsp3) is 0.684. The molecule has 1 aromatic heterocycles. The zero-order chi connectivity index (χ0) is 17.9. The lowest BCUT2D eigenvalue weighted by molar-refractivity contribution is -0.0874. The molecule has 3 rings (SSSR count). The van der Waals surface area contributed by atoms with Crippen molar-refractivity contribution in [2.24, 2.45) is 0 Å². The topological polar surface area (TPSA) is 57.7 Å². The normalized spacial score (nSPS) is 25.1. The van der Waals surface area contributed by atoms with E-state index in [9.17, 15) is 4.79 Å². The van der Waals surface area contributed by atoms with Crippen molar-refractivity contribution in [2.75, 3.05) is 37.7 Å². The Morgan fingerprint density at radius 2 is 2.12 bits per heavy atom. The maximum absolute atomic E-state index is 12.6. The maximum Gasteiger partial charge on any atom is 0.317 e. The molecule has 0 aromatic carbocycles. The maximum atomic E-state index is 12.6. The average Bonchev–Trinajstić information content (AvgIpc) is 2.62. The Bertz CT molecular complexity index is 601. The Balaban J connectivity index is 1.49. The molecule has 2 aliphatic heterocycles. The number of piperidine rings is 1. The quantitative estimate of drug-likeness (QED) is 0.914. The molecule has 0 bridgehead atoms. The number of nitrogens with one attached hydrogen (secondary N) is 1. The molecule has 2 saturated heterocycles. The summed E-state index contributed by atoms with van der Waals surface area (Å²) in [5.74, 6) is 1.04. The zero-order valence-corrected chi connectivity index (χ0v) is 15.6. The number of pyridine rings is 1. The molecule has 2 amide bonds. The number of aryl methyl sites for hydroxylation is 1. The van der Waals surface area contributed by atoms with Gasteiger partial charge in [0.25, 0.3) is 0 Å². The van der Waals surface area contributed by atoms with Crippen LogP contribution in [-0.2, 0) is 4.74 Å². The van der Waals surface area contributed by atoms with Crippen LogP contribution in [0.15, 0.2) is 18.2 Å². The van der Waals surface area contributed by atoms with E-state index >= 15 is 0 Å². The molecule has 0 unspecified atom stereocenters. The summed E-state index contributed by atoms with van der Waals surface area (Å²) in [6.45, 7) is 10.0. The number of ether oxygens (including phenoxy) is 1. The second kappa shape index (κ2) is 7.60. The van der Waals surface area contributed by atoms with Crippen LogP contribution in [0.2, 0.25) is 0 Å². The van der Waals surface area contributed by atoms with Crippen molar-refractivity contribution < 1.29 is 9.53 Å². The van der Waals surface area contributed by atoms with Crippen LogP contribution < -0.4 is 10.2 Å². The summed E-state index contributed by atoms with van der Waals surface area (Å²) in [6, 6.07) is 6.42. The van der Waals surface area contributed by atoms with Gasteiger partial charge in [0.2, 0.25) is 0 Å². The largest absolute Gasteiger partial charge is 0.372 e. The molecule has 3 heterocycles. The molecule has 25 heavy (non-hydrogen) atoms. The van der Waals surface area contributed by atoms with E-state index in [4.69, 9.17) is 4.74 Å². The molecule has 1 atom stereocenters. The van der Waals surface area contributed by atoms with Crippen LogP contribution in [0.1, 0.15) is 38.8 Å². The predicted molar refractivity (Wildman–Crippen MR) is 99.0 cm³/mol. The summed E-state index contributed by atoms with van der Waals surface area (Å²) in [6.07, 6.45) is 2.83. The SMILES string of the molecule is CC[C@@]1(C)CN(C(=O)NC2CCN(c3cccc(C)n3)CC2)CCO1. The Morgan fingerprint density at radius 3 is 2.80 bits per heavy atom. The molecule has 2 fully saturated rings. The molecule has 1 aromatic rings. The highest BCUT2D eigenvalue weighted by Crippen LogP contribution is 2.22. The standard InChI is InChI=1S/C19H30N4O2/c1-4-19(3)14-23(12-13-25-19)18(24)21-16-8-10-22(11-9-16)17-7-5-6-15(2)20-17/h5-7,16H,4,8-14H2,1-3H3,(H,21,24)/t19-/m0/s1. The van der Waals surface area contributed by atoms with Crippen LogP contribution >= 0.6 is 0 Å². The Hall–Kier alpha value is -1.82. The third-order valence-electron chi connectivity index (χ3n) is 5.39. The number of hydrogen-bond donors (Lipinski definition) is 1. The number of amides is 2. The summed E-state index contributed by atoms with van der Waals surface area (Å²) in [5, 5.41) is 3.22. The number of carbonyl (C=O) groups is 1. The van der Waals surface area contributed by atoms with Gasteiger partial charge in [-0.05, 0) is 45.2 Å². The summed E-state index contributed by atoms with van der Waals surface area (Å²) in [4.78, 5) is 21.4. The molecule has 0 spiro atoms. The molecule has 0 radical (unpaired) electrons. The summed E-state index contributed by atoms with van der Waals surface area (Å²) in [5.41, 5.74) is 0.828. The first-order valence-corrected chi connectivity index (χ1v) is 9.37. The number of morpholine rings is 1. The Morgan fingerprint density at radius 1 is 1.36 bits per heavy atom. The lowest BCUT2D eigenvalue weighted by Gasteiger charge is -2.41. The number of urea groups is 1. The van der Waals surface area contributed by atoms with Crippen LogP contribution in [0.25, 0.3) is 0 Å². The number of carbonyl (C=O) groups excluding carboxylic acids is 1. The van der Waals surface area contributed by atoms with Gasteiger partial charge in [-0.3, -0.25) is 0 Å². The number of aromatic nitrogens is 1. The van der Waals surface area contributed by atoms with E-state index in [1.807, 2.05) is 17.9 Å². The first-order valence-electron chi connectivity index (χ1n) is 9.37. The zero-order valence-electron chi connectivity index (χ0n) is 15.6. The minimum Gasteiger partial charge on any atom is -0.372 e. The van der Waals surface area contributed by atoms with Gasteiger partial charge in [-0.25, -0.2) is 9.78 Å². The van der Waals surface area contributed by atoms with Crippen molar-refractivity contribution in [1.29, 1.82) is 0 Å². The lowest BCUT2D eigenvalue weighted by Crippen LogP contribution is -2.56. The molecule has 2 aliphatic rings. The van der Waals surface area contributed by atoms with E-state index in [2.05, 4.69) is 41.2 Å². The third kappa shape index (κ3) is 4.42. The molecule has 6 heteroatoms. The van der Waals surface area contributed by atoms with Crippen LogP contribution in [0.4, 0.5) is 10.6 Å². The highest BCUT2D eigenvalue weighted by molar-refractivity contribution is 5.74. The van der Waals surface area contributed by atoms with Crippen molar-refractivity contribution in [3.63, 3.8) is 0 Å². The van der Waals surface area contributed by atoms with E-state index in [1.54, 1.807) is 0 Å². The van der Waals surface area contributed by atoms with Gasteiger partial charge < -0.3 is 19.9 Å². The second-order valence-electron chi connectivity index (χ2n) is 7.42. The van der Waals surface area contributed by atoms with Gasteiger partial charge in [-0.1, -0.05) is 13.0 Å². The molecule has 0 saturated carbocycles. The van der Waals surface area contributed by atoms with Crippen molar-refractivity contribution in [3.05, 3.63) is 23.9 Å². The van der Waals surface area contributed by atoms with E-state index in [0.717, 1.165) is 43.9 Å². The number of anilines is 1. The van der Waals surface area contributed by atoms with Crippen LogP contribution in [0.3, 0.4) is 0 Å². The van der Waals surface area contributed by atoms with Crippen molar-refractivity contribution >= 4 is 11.8 Å². The Kier molecular flexibility index (Phi) is 5.47. The van der Waals surface area contributed by atoms with Crippen molar-refractivity contribution in [1.82, 2.24) is 15.2 Å². The van der Waals surface area contributed by atoms with Crippen LogP contribution in [0, 0.1) is 6.92 Å². The predicted octanol–water partition coefficient (Wildman–Crippen LogP) is 2.57. The summed E-state index contributed by atoms with van der Waals surface area (Å²) in [7, 11) is 0. The van der Waals surface area contributed by atoms with Gasteiger partial charge in [-0.2, -0.15) is 0 Å². The second-order valence-corrected chi connectivity index (χ2v) is 7.42. The van der Waals surface area contributed by atoms with E-state index in [1.165, 1.54) is 0 Å². The van der Waals surface area contributed by atoms with Gasteiger partial charge >= 0.3 is 6.03 Å². The molecular formula is C19H30N4O2. The molecular weight excluding hydrogens is 316 g/mol. The highest BCUT2D eigenvalue weighted by atomic mass is 16.5. The van der Waals surface area contributed by atoms with Gasteiger partial charge in [0.15, 0.2) is 0 Å². The third-order valence-corrected chi connectivity index (χ3v) is 5.39. The Labute approximate surface area is 150 Å². The summed E-state index contributed by atoms with van der Waals surface area (Å²) >= 11 is 0. The van der Waals surface area contributed by atoms with Gasteiger partial charge in [0.1, 0.15) is 5.82 Å². The lowest BCUT2D eigenvalue weighted by atomic mass is 10.0. The minimum absolute atomic E-state index is 0.0510. The monoisotopic (exact) mass is 346 g/mol. The van der Waals surface area contributed by atoms with Crippen LogP contribution in [-0.4, -0.2) is 60.3 Å². The fourth-order valence-electron chi connectivity index (χ4n) is 3.54. The first-order chi connectivity index (χ1) is 12.0. The highest BCUT2D eigenvalue weighted by Gasteiger charge is 2.33. The smallest absolute Gasteiger partial charge is 0.317 e. The van der Waals surface area contributed by atoms with E-state index < -0.39 is 0 Å². The average molecular weight is 346 g/mol. The minimum atomic E-state index is -0.213. The summed E-state index contributed by atoms with van der Waals surface area (Å²) < 4.78 is 5.82. The molecule has 6 nitrogen and oxygen atoms in total. The number of rotatable bonds is 3. The van der Waals surface area contributed by atoms with Gasteiger partial charge in [-0.15, -0.1) is 0 Å². The van der Waals surface area contributed by atoms with Gasteiger partial charge in [0.05, 0.1) is 18.8 Å². The number of nitrogens with zero attached hydrogens (tertiary/aromatic N) is 3. The first kappa shape index (κ1) is 18.0. The molecule has 1 N–H and O–H groups in total. The van der Waals surface area contributed by atoms with E-state index in [-0.39, 0.29) is 17.7 Å². The van der Waals surface area contributed by atoms with Crippen LogP contribution in [0.5, 0.6) is 0 Å². The van der Waals surface area contributed by atoms with Crippen molar-refractivity contribution in [2.45, 2.75) is 51.7 Å². The van der Waals surface area contributed by atoms with E-state index in [0.29, 0.717) is 19.7 Å². The van der Waals surface area contributed by atoms with Gasteiger partial charge in [0, 0.05) is 31.4 Å². The molecule has 0 aliphatic carbocycles. The number of hydrogen-bond acceptors (Lipinski definition) is 4. The fourth-order valence-corrected chi connectivity index (χ4v) is 3.54. The molecule has 138 valence electrons.